The third-order valence-electron chi connectivity index (χ3n) is 4.47. The molecule has 0 radical (unpaired) electrons. The lowest BCUT2D eigenvalue weighted by Crippen LogP contribution is -2.33. The van der Waals surface area contributed by atoms with E-state index in [0.717, 1.165) is 11.6 Å². The van der Waals surface area contributed by atoms with Crippen LogP contribution in [0.4, 0.5) is 4.39 Å². The second-order valence-electron chi connectivity index (χ2n) is 6.13. The summed E-state index contributed by atoms with van der Waals surface area (Å²) in [5.74, 6) is -2.48. The molecule has 136 valence electrons. The summed E-state index contributed by atoms with van der Waals surface area (Å²) in [7, 11) is 0. The predicted molar refractivity (Wildman–Crippen MR) is 93.8 cm³/mol. The van der Waals surface area contributed by atoms with Gasteiger partial charge in [0, 0.05) is 25.1 Å². The first-order chi connectivity index (χ1) is 12.5. The highest BCUT2D eigenvalue weighted by Gasteiger charge is 2.40. The molecule has 0 aromatic heterocycles. The summed E-state index contributed by atoms with van der Waals surface area (Å²) in [6.07, 6.45) is 0. The van der Waals surface area contributed by atoms with Gasteiger partial charge in [0.25, 0.3) is 5.91 Å². The number of carbonyl (C=O) groups is 2. The average Bonchev–Trinajstić information content (AvgIpc) is 3.09. The van der Waals surface area contributed by atoms with Crippen LogP contribution in [-0.2, 0) is 9.59 Å². The van der Waals surface area contributed by atoms with Gasteiger partial charge in [0.15, 0.2) is 6.61 Å². The highest BCUT2D eigenvalue weighted by molar-refractivity contribution is 6.30. The van der Waals surface area contributed by atoms with E-state index in [-0.39, 0.29) is 35.7 Å². The van der Waals surface area contributed by atoms with Gasteiger partial charge in [-0.1, -0.05) is 41.9 Å². The minimum absolute atomic E-state index is 0.0915. The highest BCUT2D eigenvalue weighted by atomic mass is 35.5. The zero-order valence-corrected chi connectivity index (χ0v) is 14.5. The van der Waals surface area contributed by atoms with E-state index >= 15 is 0 Å². The fraction of sp³-hybridized carbons (Fsp3) is 0.263. The third-order valence-corrected chi connectivity index (χ3v) is 4.76. The number of carboxylic acids is 1. The van der Waals surface area contributed by atoms with Crippen molar-refractivity contribution in [2.45, 2.75) is 5.92 Å². The molecule has 2 atom stereocenters. The SMILES string of the molecule is O=C(O)[C@@H]1CN(C(=O)COc2ccc(F)c(Cl)c2)C[C@@H]1c1ccccc1. The minimum atomic E-state index is -0.930. The standard InChI is InChI=1S/C19H17ClFNO4/c20-16-8-13(6-7-17(16)21)26-11-18(23)22-9-14(15(10-22)19(24)25)12-4-2-1-3-5-12/h1-8,14-15H,9-11H2,(H,24,25)/t14-,15-/m1/s1. The molecule has 1 fully saturated rings. The van der Waals surface area contributed by atoms with Gasteiger partial charge in [0.05, 0.1) is 10.9 Å². The first-order valence-corrected chi connectivity index (χ1v) is 8.47. The maximum atomic E-state index is 13.1. The van der Waals surface area contributed by atoms with Gasteiger partial charge in [-0.2, -0.15) is 0 Å². The molecule has 26 heavy (non-hydrogen) atoms. The number of ether oxygens (including phenoxy) is 1. The number of halogens is 2. The van der Waals surface area contributed by atoms with Crippen molar-refractivity contribution in [1.82, 2.24) is 4.90 Å². The maximum Gasteiger partial charge on any atom is 0.308 e. The van der Waals surface area contributed by atoms with Crippen LogP contribution in [0.5, 0.6) is 5.75 Å². The first-order valence-electron chi connectivity index (χ1n) is 8.09. The van der Waals surface area contributed by atoms with Crippen LogP contribution in [0.1, 0.15) is 11.5 Å². The van der Waals surface area contributed by atoms with Crippen molar-refractivity contribution in [2.75, 3.05) is 19.7 Å². The number of amides is 1. The normalized spacial score (nSPS) is 19.4. The zero-order chi connectivity index (χ0) is 18.7. The van der Waals surface area contributed by atoms with Crippen molar-refractivity contribution in [3.8, 4) is 5.75 Å². The molecule has 1 heterocycles. The summed E-state index contributed by atoms with van der Waals surface area (Å²) in [6.45, 7) is 0.171. The van der Waals surface area contributed by atoms with E-state index in [9.17, 15) is 19.1 Å². The Hall–Kier alpha value is -2.60. The third kappa shape index (κ3) is 3.96. The monoisotopic (exact) mass is 377 g/mol. The molecule has 1 aliphatic rings. The number of hydrogen-bond acceptors (Lipinski definition) is 3. The molecular weight excluding hydrogens is 361 g/mol. The van der Waals surface area contributed by atoms with Crippen LogP contribution in [0, 0.1) is 11.7 Å². The van der Waals surface area contributed by atoms with Crippen molar-refractivity contribution in [3.63, 3.8) is 0 Å². The summed E-state index contributed by atoms with van der Waals surface area (Å²) in [5.41, 5.74) is 0.890. The number of likely N-dealkylation sites (tertiary alicyclic amines) is 1. The molecule has 2 aromatic rings. The van der Waals surface area contributed by atoms with Gasteiger partial charge < -0.3 is 14.7 Å². The summed E-state index contributed by atoms with van der Waals surface area (Å²) < 4.78 is 18.5. The highest BCUT2D eigenvalue weighted by Crippen LogP contribution is 2.33. The van der Waals surface area contributed by atoms with Gasteiger partial charge in [-0.15, -0.1) is 0 Å². The number of rotatable bonds is 5. The van der Waals surface area contributed by atoms with Crippen molar-refractivity contribution in [1.29, 1.82) is 0 Å². The molecule has 1 saturated heterocycles. The predicted octanol–water partition coefficient (Wildman–Crippen LogP) is 3.18. The molecule has 5 nitrogen and oxygen atoms in total. The first kappa shape index (κ1) is 18.2. The Morgan fingerprint density at radius 3 is 2.58 bits per heavy atom. The molecule has 7 heteroatoms. The molecule has 1 amide bonds. The van der Waals surface area contributed by atoms with Gasteiger partial charge in [-0.3, -0.25) is 9.59 Å². The van der Waals surface area contributed by atoms with Crippen LogP contribution in [0.25, 0.3) is 0 Å². The molecule has 0 aliphatic carbocycles. The number of nitrogens with zero attached hydrogens (tertiary/aromatic N) is 1. The average molecular weight is 378 g/mol. The lowest BCUT2D eigenvalue weighted by molar-refractivity contribution is -0.142. The molecular formula is C19H17ClFNO4. The van der Waals surface area contributed by atoms with Gasteiger partial charge in [-0.25, -0.2) is 4.39 Å². The molecule has 2 aromatic carbocycles. The quantitative estimate of drug-likeness (QED) is 0.869. The van der Waals surface area contributed by atoms with Crippen LogP contribution in [0.2, 0.25) is 5.02 Å². The number of benzene rings is 2. The van der Waals surface area contributed by atoms with Gasteiger partial charge in [-0.05, 0) is 17.7 Å². The zero-order valence-electron chi connectivity index (χ0n) is 13.8. The Morgan fingerprint density at radius 2 is 1.92 bits per heavy atom. The fourth-order valence-corrected chi connectivity index (χ4v) is 3.27. The fourth-order valence-electron chi connectivity index (χ4n) is 3.10. The van der Waals surface area contributed by atoms with Crippen LogP contribution in [0.3, 0.4) is 0 Å². The lowest BCUT2D eigenvalue weighted by Gasteiger charge is -2.17. The lowest BCUT2D eigenvalue weighted by atomic mass is 9.89. The van der Waals surface area contributed by atoms with E-state index in [1.807, 2.05) is 30.3 Å². The van der Waals surface area contributed by atoms with E-state index in [2.05, 4.69) is 0 Å². The minimum Gasteiger partial charge on any atom is -0.484 e. The van der Waals surface area contributed by atoms with Crippen molar-refractivity contribution < 1.29 is 23.8 Å². The Bertz CT molecular complexity index is 814. The molecule has 0 bridgehead atoms. The molecule has 0 unspecified atom stereocenters. The summed E-state index contributed by atoms with van der Waals surface area (Å²) in [4.78, 5) is 25.5. The Balaban J connectivity index is 1.66. The number of hydrogen-bond donors (Lipinski definition) is 1. The molecule has 3 rings (SSSR count). The van der Waals surface area contributed by atoms with Crippen LogP contribution >= 0.6 is 11.6 Å². The van der Waals surface area contributed by atoms with E-state index in [1.165, 1.54) is 17.0 Å². The van der Waals surface area contributed by atoms with Crippen molar-refractivity contribution in [2.24, 2.45) is 5.92 Å². The van der Waals surface area contributed by atoms with E-state index in [0.29, 0.717) is 6.54 Å². The molecule has 0 spiro atoms. The van der Waals surface area contributed by atoms with Gasteiger partial charge in [0.1, 0.15) is 11.6 Å². The second kappa shape index (κ2) is 7.74. The Labute approximate surface area is 154 Å². The number of aliphatic carboxylic acids is 1. The second-order valence-corrected chi connectivity index (χ2v) is 6.53. The van der Waals surface area contributed by atoms with Crippen molar-refractivity contribution in [3.05, 3.63) is 64.9 Å². The molecule has 0 saturated carbocycles. The van der Waals surface area contributed by atoms with Gasteiger partial charge in [0.2, 0.25) is 0 Å². The van der Waals surface area contributed by atoms with E-state index in [1.54, 1.807) is 0 Å². The van der Waals surface area contributed by atoms with E-state index < -0.39 is 17.7 Å². The largest absolute Gasteiger partial charge is 0.484 e. The number of carbonyl (C=O) groups excluding carboxylic acids is 1. The van der Waals surface area contributed by atoms with E-state index in [4.69, 9.17) is 16.3 Å². The van der Waals surface area contributed by atoms with Crippen LogP contribution in [0.15, 0.2) is 48.5 Å². The number of carboxylic acid groups (broad SMARTS) is 1. The molecule has 1 N–H and O–H groups in total. The van der Waals surface area contributed by atoms with Crippen LogP contribution in [-0.4, -0.2) is 41.6 Å². The smallest absolute Gasteiger partial charge is 0.308 e. The summed E-state index contributed by atoms with van der Waals surface area (Å²) in [6, 6.07) is 13.1. The van der Waals surface area contributed by atoms with Crippen molar-refractivity contribution >= 4 is 23.5 Å². The van der Waals surface area contributed by atoms with Gasteiger partial charge >= 0.3 is 5.97 Å². The topological polar surface area (TPSA) is 66.8 Å². The Morgan fingerprint density at radius 1 is 1.19 bits per heavy atom. The summed E-state index contributed by atoms with van der Waals surface area (Å²) in [5, 5.41) is 9.40. The van der Waals surface area contributed by atoms with Crippen LogP contribution < -0.4 is 4.74 Å². The molecule has 1 aliphatic heterocycles. The summed E-state index contributed by atoms with van der Waals surface area (Å²) >= 11 is 5.68. The maximum absolute atomic E-state index is 13.1. The Kier molecular flexibility index (Phi) is 5.42.